The molecule has 4 N–H and O–H groups in total. The van der Waals surface area contributed by atoms with Crippen LogP contribution in [0.3, 0.4) is 0 Å². The Balaban J connectivity index is 2.08. The molecule has 1 aromatic heterocycles. The number of hydrogen-bond acceptors (Lipinski definition) is 6. The van der Waals surface area contributed by atoms with Crippen molar-refractivity contribution in [3.05, 3.63) is 42.5 Å². The highest BCUT2D eigenvalue weighted by Crippen LogP contribution is 2.28. The van der Waals surface area contributed by atoms with Gasteiger partial charge in [0.1, 0.15) is 5.82 Å². The van der Waals surface area contributed by atoms with E-state index in [-0.39, 0.29) is 5.95 Å². The van der Waals surface area contributed by atoms with E-state index in [4.69, 9.17) is 5.73 Å². The van der Waals surface area contributed by atoms with Gasteiger partial charge in [0.2, 0.25) is 16.0 Å². The summed E-state index contributed by atoms with van der Waals surface area (Å²) in [6.45, 7) is 0. The summed E-state index contributed by atoms with van der Waals surface area (Å²) < 4.78 is 25.2. The van der Waals surface area contributed by atoms with Crippen LogP contribution in [-0.4, -0.2) is 31.7 Å². The largest absolute Gasteiger partial charge is 0.372 e. The van der Waals surface area contributed by atoms with Crippen LogP contribution in [0.4, 0.5) is 17.5 Å². The maximum Gasteiger partial charge on any atom is 0.229 e. The summed E-state index contributed by atoms with van der Waals surface area (Å²) in [4.78, 5) is 8.42. The number of aromatic nitrogens is 2. The molecule has 0 saturated heterocycles. The van der Waals surface area contributed by atoms with Gasteiger partial charge in [0.25, 0.3) is 0 Å². The molecule has 0 spiro atoms. The minimum atomic E-state index is -3.32. The highest BCUT2D eigenvalue weighted by atomic mass is 32.2. The van der Waals surface area contributed by atoms with Gasteiger partial charge >= 0.3 is 0 Å². The average molecular weight is 343 g/mol. The molecule has 7 nitrogen and oxygen atoms in total. The van der Waals surface area contributed by atoms with E-state index >= 15 is 0 Å². The quantitative estimate of drug-likeness (QED) is 0.670. The fourth-order valence-corrected chi connectivity index (χ4v) is 3.05. The van der Waals surface area contributed by atoms with E-state index < -0.39 is 10.0 Å². The molecule has 0 aliphatic rings. The third-order valence-corrected chi connectivity index (χ3v) is 4.06. The van der Waals surface area contributed by atoms with E-state index in [0.29, 0.717) is 17.0 Å². The lowest BCUT2D eigenvalue weighted by Gasteiger charge is -2.09. The predicted molar refractivity (Wildman–Crippen MR) is 97.4 cm³/mol. The Bertz CT molecular complexity index is 1020. The topological polar surface area (TPSA) is 110 Å². The van der Waals surface area contributed by atoms with Gasteiger partial charge in [-0.15, -0.1) is 0 Å². The highest BCUT2D eigenvalue weighted by molar-refractivity contribution is 7.92. The van der Waals surface area contributed by atoms with Crippen LogP contribution in [-0.2, 0) is 10.0 Å². The molecule has 0 unspecified atom stereocenters. The first-order chi connectivity index (χ1) is 11.4. The number of rotatable bonds is 4. The van der Waals surface area contributed by atoms with Gasteiger partial charge in [0, 0.05) is 18.1 Å². The molecule has 0 bridgehead atoms. The second-order valence-corrected chi connectivity index (χ2v) is 7.12. The average Bonchev–Trinajstić information content (AvgIpc) is 2.52. The summed E-state index contributed by atoms with van der Waals surface area (Å²) in [6.07, 6.45) is 1.12. The van der Waals surface area contributed by atoms with Crippen molar-refractivity contribution in [2.75, 3.05) is 29.1 Å². The number of sulfonamides is 1. The van der Waals surface area contributed by atoms with Crippen molar-refractivity contribution >= 4 is 38.4 Å². The molecule has 3 rings (SSSR count). The SMILES string of the molecule is CNc1nc(N)nc2cc(-c3cccc(NS(C)(=O)=O)c3)ccc12. The number of fused-ring (bicyclic) bond motifs is 1. The third kappa shape index (κ3) is 3.38. The van der Waals surface area contributed by atoms with Gasteiger partial charge in [-0.3, -0.25) is 4.72 Å². The lowest BCUT2D eigenvalue weighted by Crippen LogP contribution is -2.09. The van der Waals surface area contributed by atoms with Crippen molar-refractivity contribution in [3.8, 4) is 11.1 Å². The Morgan fingerprint density at radius 2 is 1.79 bits per heavy atom. The summed E-state index contributed by atoms with van der Waals surface area (Å²) >= 11 is 0. The Kier molecular flexibility index (Phi) is 3.98. The van der Waals surface area contributed by atoms with Crippen LogP contribution < -0.4 is 15.8 Å². The first-order valence-electron chi connectivity index (χ1n) is 7.19. The van der Waals surface area contributed by atoms with Gasteiger partial charge in [0.05, 0.1) is 11.8 Å². The predicted octanol–water partition coefficient (Wildman–Crippen LogP) is 2.29. The normalized spacial score (nSPS) is 11.4. The lowest BCUT2D eigenvalue weighted by molar-refractivity contribution is 0.607. The summed E-state index contributed by atoms with van der Waals surface area (Å²) in [5, 5.41) is 3.86. The molecule has 8 heteroatoms. The number of benzene rings is 2. The van der Waals surface area contributed by atoms with Crippen molar-refractivity contribution in [2.45, 2.75) is 0 Å². The van der Waals surface area contributed by atoms with Gasteiger partial charge in [-0.25, -0.2) is 13.4 Å². The molecule has 3 aromatic rings. The van der Waals surface area contributed by atoms with Crippen molar-refractivity contribution in [3.63, 3.8) is 0 Å². The Morgan fingerprint density at radius 3 is 2.50 bits per heavy atom. The van der Waals surface area contributed by atoms with Crippen LogP contribution in [0.15, 0.2) is 42.5 Å². The molecular formula is C16H17N5O2S. The number of nitrogens with one attached hydrogen (secondary N) is 2. The van der Waals surface area contributed by atoms with Crippen LogP contribution >= 0.6 is 0 Å². The van der Waals surface area contributed by atoms with E-state index in [9.17, 15) is 8.42 Å². The molecular weight excluding hydrogens is 326 g/mol. The smallest absolute Gasteiger partial charge is 0.229 e. The molecule has 0 saturated carbocycles. The summed E-state index contributed by atoms with van der Waals surface area (Å²) in [5.74, 6) is 0.855. The minimum absolute atomic E-state index is 0.191. The molecule has 2 aromatic carbocycles. The molecule has 24 heavy (non-hydrogen) atoms. The number of anilines is 3. The van der Waals surface area contributed by atoms with Gasteiger partial charge in [-0.05, 0) is 35.4 Å². The number of hydrogen-bond donors (Lipinski definition) is 3. The van der Waals surface area contributed by atoms with E-state index in [2.05, 4.69) is 20.0 Å². The monoisotopic (exact) mass is 343 g/mol. The summed E-state index contributed by atoms with van der Waals surface area (Å²) in [6, 6.07) is 12.9. The first-order valence-corrected chi connectivity index (χ1v) is 9.08. The second-order valence-electron chi connectivity index (χ2n) is 5.37. The summed E-state index contributed by atoms with van der Waals surface area (Å²) in [5.41, 5.74) is 8.74. The highest BCUT2D eigenvalue weighted by Gasteiger charge is 2.08. The van der Waals surface area contributed by atoms with Gasteiger partial charge in [-0.2, -0.15) is 4.98 Å². The summed E-state index contributed by atoms with van der Waals surface area (Å²) in [7, 11) is -1.55. The van der Waals surface area contributed by atoms with E-state index in [1.54, 1.807) is 25.2 Å². The molecule has 0 aliphatic carbocycles. The molecule has 0 fully saturated rings. The van der Waals surface area contributed by atoms with Crippen molar-refractivity contribution < 1.29 is 8.42 Å². The lowest BCUT2D eigenvalue weighted by atomic mass is 10.0. The Labute approximate surface area is 140 Å². The molecule has 124 valence electrons. The number of nitrogen functional groups attached to an aromatic ring is 1. The zero-order chi connectivity index (χ0) is 17.3. The zero-order valence-electron chi connectivity index (χ0n) is 13.2. The van der Waals surface area contributed by atoms with Gasteiger partial charge in [0.15, 0.2) is 0 Å². The molecule has 0 atom stereocenters. The second kappa shape index (κ2) is 5.97. The first kappa shape index (κ1) is 16.0. The fourth-order valence-electron chi connectivity index (χ4n) is 2.49. The van der Waals surface area contributed by atoms with Crippen LogP contribution in [0.1, 0.15) is 0 Å². The Morgan fingerprint density at radius 1 is 1.04 bits per heavy atom. The van der Waals surface area contributed by atoms with Gasteiger partial charge < -0.3 is 11.1 Å². The van der Waals surface area contributed by atoms with E-state index in [1.807, 2.05) is 24.3 Å². The van der Waals surface area contributed by atoms with Crippen LogP contribution in [0.2, 0.25) is 0 Å². The zero-order valence-corrected chi connectivity index (χ0v) is 14.1. The molecule has 0 radical (unpaired) electrons. The maximum absolute atomic E-state index is 11.4. The van der Waals surface area contributed by atoms with Crippen LogP contribution in [0.5, 0.6) is 0 Å². The third-order valence-electron chi connectivity index (χ3n) is 3.45. The van der Waals surface area contributed by atoms with Crippen molar-refractivity contribution in [1.29, 1.82) is 0 Å². The number of nitrogens with two attached hydrogens (primary N) is 1. The molecule has 0 aliphatic heterocycles. The van der Waals surface area contributed by atoms with Crippen LogP contribution in [0, 0.1) is 0 Å². The van der Waals surface area contributed by atoms with E-state index in [1.165, 1.54) is 0 Å². The molecule has 1 heterocycles. The Hall–Kier alpha value is -2.87. The fraction of sp³-hybridized carbons (Fsp3) is 0.125. The van der Waals surface area contributed by atoms with Crippen molar-refractivity contribution in [1.82, 2.24) is 9.97 Å². The minimum Gasteiger partial charge on any atom is -0.372 e. The molecule has 0 amide bonds. The number of nitrogens with zero attached hydrogens (tertiary/aromatic N) is 2. The van der Waals surface area contributed by atoms with Crippen molar-refractivity contribution in [2.24, 2.45) is 0 Å². The van der Waals surface area contributed by atoms with Crippen LogP contribution in [0.25, 0.3) is 22.0 Å². The van der Waals surface area contributed by atoms with Gasteiger partial charge in [-0.1, -0.05) is 18.2 Å². The standard InChI is InChI=1S/C16H17N5O2S/c1-18-15-13-7-6-11(9-14(13)19-16(17)20-15)10-4-3-5-12(8-10)21-24(2,22)23/h3-9,21H,1-2H3,(H3,17,18,19,20). The van der Waals surface area contributed by atoms with E-state index in [0.717, 1.165) is 22.8 Å². The maximum atomic E-state index is 11.4.